The van der Waals surface area contributed by atoms with Gasteiger partial charge in [0.2, 0.25) is 0 Å². The zero-order valence-electron chi connectivity index (χ0n) is 19.4. The van der Waals surface area contributed by atoms with Crippen molar-refractivity contribution in [2.75, 3.05) is 17.2 Å². The summed E-state index contributed by atoms with van der Waals surface area (Å²) >= 11 is 0. The van der Waals surface area contributed by atoms with Crippen molar-refractivity contribution in [1.29, 1.82) is 0 Å². The monoisotopic (exact) mass is 448 g/mol. The number of nitrogen functional groups attached to an aromatic ring is 1. The molecule has 0 bridgehead atoms. The van der Waals surface area contributed by atoms with E-state index in [9.17, 15) is 9.59 Å². The van der Waals surface area contributed by atoms with Crippen LogP contribution in [0.15, 0.2) is 57.8 Å². The van der Waals surface area contributed by atoms with Gasteiger partial charge in [0.15, 0.2) is 0 Å². The number of nitrogens with two attached hydrogens (primary N) is 1. The minimum absolute atomic E-state index is 0.187. The molecule has 0 fully saturated rings. The molecule has 3 N–H and O–H groups in total. The molecule has 0 unspecified atom stereocenters. The number of aromatic nitrogens is 4. The van der Waals surface area contributed by atoms with Crippen LogP contribution in [0.4, 0.5) is 11.5 Å². The Morgan fingerprint density at radius 1 is 1.18 bits per heavy atom. The van der Waals surface area contributed by atoms with Crippen LogP contribution >= 0.6 is 0 Å². The van der Waals surface area contributed by atoms with Crippen LogP contribution in [0.5, 0.6) is 0 Å². The van der Waals surface area contributed by atoms with E-state index in [1.165, 1.54) is 23.0 Å². The molecule has 0 saturated heterocycles. The molecule has 2 aromatic heterocycles. The van der Waals surface area contributed by atoms with Crippen LogP contribution in [-0.2, 0) is 20.1 Å². The first-order valence-corrected chi connectivity index (χ1v) is 11.5. The molecule has 33 heavy (non-hydrogen) atoms. The smallest absolute Gasteiger partial charge is 0.330 e. The highest BCUT2D eigenvalue weighted by Crippen LogP contribution is 2.25. The van der Waals surface area contributed by atoms with Crippen LogP contribution < -0.4 is 21.9 Å². The number of rotatable bonds is 8. The van der Waals surface area contributed by atoms with E-state index in [0.29, 0.717) is 25.3 Å². The second-order valence-electron chi connectivity index (χ2n) is 8.72. The number of allylic oxidation sites excluding steroid dienone is 1. The maximum atomic E-state index is 13.0. The fraction of sp³-hybridized carbons (Fsp3) is 0.400. The Morgan fingerprint density at radius 3 is 2.64 bits per heavy atom. The molecule has 174 valence electrons. The van der Waals surface area contributed by atoms with Gasteiger partial charge in [-0.1, -0.05) is 42.0 Å². The normalized spacial score (nSPS) is 13.7. The largest absolute Gasteiger partial charge is 0.383 e. The molecule has 4 rings (SSSR count). The summed E-state index contributed by atoms with van der Waals surface area (Å²) in [5.41, 5.74) is 10.3. The van der Waals surface area contributed by atoms with E-state index in [1.807, 2.05) is 60.1 Å². The third kappa shape index (κ3) is 5.10. The molecular weight excluding hydrogens is 416 g/mol. The van der Waals surface area contributed by atoms with Gasteiger partial charge < -0.3 is 10.6 Å². The van der Waals surface area contributed by atoms with E-state index in [4.69, 9.17) is 5.73 Å². The molecule has 3 aromatic rings. The Hall–Kier alpha value is -3.55. The van der Waals surface area contributed by atoms with E-state index < -0.39 is 11.2 Å². The lowest BCUT2D eigenvalue weighted by Gasteiger charge is -2.27. The first-order valence-electron chi connectivity index (χ1n) is 11.5. The third-order valence-corrected chi connectivity index (χ3v) is 6.50. The minimum atomic E-state index is -0.502. The number of nitrogens with one attached hydrogen (secondary N) is 1. The van der Waals surface area contributed by atoms with Crippen LogP contribution in [0.1, 0.15) is 48.9 Å². The maximum absolute atomic E-state index is 13.0. The van der Waals surface area contributed by atoms with Gasteiger partial charge >= 0.3 is 5.69 Å². The summed E-state index contributed by atoms with van der Waals surface area (Å²) in [6, 6.07) is 9.62. The van der Waals surface area contributed by atoms with Crippen molar-refractivity contribution >= 4 is 11.5 Å². The number of benzene rings is 1. The molecule has 0 amide bonds. The predicted octanol–water partition coefficient (Wildman–Crippen LogP) is 3.11. The average Bonchev–Trinajstić information content (AvgIpc) is 3.13. The molecule has 0 spiro atoms. The highest BCUT2D eigenvalue weighted by molar-refractivity contribution is 5.63. The SMILES string of the molecule is Cc1c(CN(CCC2=CCCCC2)c2c(N)n(Cc3ccccc3)c(=O)[nH]c2=O)cnn1C. The molecule has 8 nitrogen and oxygen atoms in total. The summed E-state index contributed by atoms with van der Waals surface area (Å²) in [6.07, 6.45) is 9.65. The minimum Gasteiger partial charge on any atom is -0.383 e. The summed E-state index contributed by atoms with van der Waals surface area (Å²) < 4.78 is 3.26. The summed E-state index contributed by atoms with van der Waals surface area (Å²) in [7, 11) is 1.90. The van der Waals surface area contributed by atoms with Gasteiger partial charge in [-0.25, -0.2) is 4.79 Å². The molecule has 8 heteroatoms. The van der Waals surface area contributed by atoms with Gasteiger partial charge in [0.1, 0.15) is 11.5 Å². The fourth-order valence-corrected chi connectivity index (χ4v) is 4.39. The second kappa shape index (κ2) is 9.94. The third-order valence-electron chi connectivity index (χ3n) is 6.50. The van der Waals surface area contributed by atoms with Gasteiger partial charge in [-0.15, -0.1) is 0 Å². The van der Waals surface area contributed by atoms with Crippen LogP contribution in [0.25, 0.3) is 0 Å². The lowest BCUT2D eigenvalue weighted by Crippen LogP contribution is -2.39. The van der Waals surface area contributed by atoms with E-state index in [0.717, 1.165) is 36.1 Å². The first kappa shape index (κ1) is 22.6. The van der Waals surface area contributed by atoms with Gasteiger partial charge in [0, 0.05) is 31.4 Å². The zero-order valence-corrected chi connectivity index (χ0v) is 19.4. The summed E-state index contributed by atoms with van der Waals surface area (Å²) in [5.74, 6) is 0.187. The predicted molar refractivity (Wildman–Crippen MR) is 131 cm³/mol. The quantitative estimate of drug-likeness (QED) is 0.516. The number of aromatic amines is 1. The van der Waals surface area contributed by atoms with E-state index in [2.05, 4.69) is 16.2 Å². The number of hydrogen-bond acceptors (Lipinski definition) is 5. The molecular formula is C25H32N6O2. The van der Waals surface area contributed by atoms with E-state index in [-0.39, 0.29) is 5.82 Å². The van der Waals surface area contributed by atoms with Gasteiger partial charge in [0.05, 0.1) is 12.7 Å². The van der Waals surface area contributed by atoms with Gasteiger partial charge in [-0.05, 0) is 44.6 Å². The number of hydrogen-bond donors (Lipinski definition) is 2. The molecule has 1 aliphatic carbocycles. The molecule has 1 aromatic carbocycles. The number of H-pyrrole nitrogens is 1. The van der Waals surface area contributed by atoms with E-state index in [1.54, 1.807) is 0 Å². The Morgan fingerprint density at radius 2 is 1.97 bits per heavy atom. The van der Waals surface area contributed by atoms with Crippen molar-refractivity contribution in [1.82, 2.24) is 19.3 Å². The molecule has 2 heterocycles. The molecule has 1 aliphatic rings. The topological polar surface area (TPSA) is 102 Å². The lowest BCUT2D eigenvalue weighted by atomic mass is 9.97. The maximum Gasteiger partial charge on any atom is 0.330 e. The Balaban J connectivity index is 1.72. The fourth-order valence-electron chi connectivity index (χ4n) is 4.39. The van der Waals surface area contributed by atoms with Crippen molar-refractivity contribution in [3.8, 4) is 0 Å². The second-order valence-corrected chi connectivity index (χ2v) is 8.72. The van der Waals surface area contributed by atoms with Gasteiger partial charge in [0.25, 0.3) is 5.56 Å². The van der Waals surface area contributed by atoms with Crippen molar-refractivity contribution in [2.24, 2.45) is 7.05 Å². The summed E-state index contributed by atoms with van der Waals surface area (Å²) in [4.78, 5) is 30.1. The highest BCUT2D eigenvalue weighted by Gasteiger charge is 2.21. The standard InChI is InChI=1S/C25H32N6O2/c1-18-21(15-27-29(18)2)17-30(14-13-19-9-5-3-6-10-19)22-23(26)31(25(33)28-24(22)32)16-20-11-7-4-8-12-20/h4,7-9,11-12,15H,3,5-6,10,13-14,16-17,26H2,1-2H3,(H,28,32,33). The van der Waals surface area contributed by atoms with Crippen molar-refractivity contribution < 1.29 is 0 Å². The van der Waals surface area contributed by atoms with Gasteiger partial charge in [-0.2, -0.15) is 5.10 Å². The average molecular weight is 449 g/mol. The van der Waals surface area contributed by atoms with Crippen LogP contribution in [-0.4, -0.2) is 25.9 Å². The first-order chi connectivity index (χ1) is 15.9. The lowest BCUT2D eigenvalue weighted by molar-refractivity contribution is 0.657. The van der Waals surface area contributed by atoms with Gasteiger partial charge in [-0.3, -0.25) is 19.0 Å². The zero-order chi connectivity index (χ0) is 23.4. The van der Waals surface area contributed by atoms with Crippen molar-refractivity contribution in [2.45, 2.75) is 52.1 Å². The molecule has 0 saturated carbocycles. The van der Waals surface area contributed by atoms with Crippen LogP contribution in [0, 0.1) is 6.92 Å². The number of anilines is 2. The van der Waals surface area contributed by atoms with Crippen LogP contribution in [0.2, 0.25) is 0 Å². The number of aryl methyl sites for hydroxylation is 1. The summed E-state index contributed by atoms with van der Waals surface area (Å²) in [6.45, 7) is 3.43. The Labute approximate surface area is 193 Å². The van der Waals surface area contributed by atoms with E-state index >= 15 is 0 Å². The van der Waals surface area contributed by atoms with Crippen molar-refractivity contribution in [3.63, 3.8) is 0 Å². The number of nitrogens with zero attached hydrogens (tertiary/aromatic N) is 4. The summed E-state index contributed by atoms with van der Waals surface area (Å²) in [5, 5.41) is 4.35. The molecule has 0 atom stereocenters. The Bertz CT molecular complexity index is 1250. The van der Waals surface area contributed by atoms with Crippen LogP contribution in [0.3, 0.4) is 0 Å². The molecule has 0 aliphatic heterocycles. The Kier molecular flexibility index (Phi) is 6.82. The highest BCUT2D eigenvalue weighted by atomic mass is 16.2. The van der Waals surface area contributed by atoms with Crippen molar-refractivity contribution in [3.05, 3.63) is 85.8 Å². The molecule has 0 radical (unpaired) electrons.